The summed E-state index contributed by atoms with van der Waals surface area (Å²) < 4.78 is 19.7. The Morgan fingerprint density at radius 2 is 1.88 bits per heavy atom. The number of fused-ring (bicyclic) bond motifs is 1. The van der Waals surface area contributed by atoms with E-state index in [0.717, 1.165) is 0 Å². The standard InChI is InChI=1S/C18H13FN4O2S/c1-23-17(24)13-4-2-3-5-14(13)20-18(23)26-10-15-21-16(25-22-15)11-6-8-12(19)9-7-11/h2-9H,10H2,1H3. The number of halogens is 1. The molecule has 2 heterocycles. The normalized spacial score (nSPS) is 11.2. The van der Waals surface area contributed by atoms with Crippen molar-refractivity contribution in [3.8, 4) is 11.5 Å². The Bertz CT molecular complexity index is 1140. The first-order valence-corrected chi connectivity index (χ1v) is 8.77. The molecule has 0 fully saturated rings. The van der Waals surface area contributed by atoms with Gasteiger partial charge in [0.05, 0.1) is 16.7 Å². The van der Waals surface area contributed by atoms with E-state index >= 15 is 0 Å². The molecule has 0 unspecified atom stereocenters. The molecule has 2 aromatic carbocycles. The zero-order valence-corrected chi connectivity index (χ0v) is 14.5. The van der Waals surface area contributed by atoms with Crippen LogP contribution in [0, 0.1) is 5.82 Å². The van der Waals surface area contributed by atoms with Gasteiger partial charge in [-0.3, -0.25) is 9.36 Å². The minimum absolute atomic E-state index is 0.0989. The van der Waals surface area contributed by atoms with E-state index in [1.54, 1.807) is 25.2 Å². The quantitative estimate of drug-likeness (QED) is 0.406. The van der Waals surface area contributed by atoms with Crippen LogP contribution < -0.4 is 5.56 Å². The van der Waals surface area contributed by atoms with Crippen LogP contribution >= 0.6 is 11.8 Å². The van der Waals surface area contributed by atoms with Gasteiger partial charge in [-0.15, -0.1) is 0 Å². The van der Waals surface area contributed by atoms with Gasteiger partial charge in [-0.25, -0.2) is 9.37 Å². The Hall–Kier alpha value is -3.00. The number of nitrogens with zero attached hydrogens (tertiary/aromatic N) is 4. The highest BCUT2D eigenvalue weighted by Crippen LogP contribution is 2.23. The van der Waals surface area contributed by atoms with Crippen molar-refractivity contribution in [2.24, 2.45) is 7.05 Å². The molecule has 4 rings (SSSR count). The lowest BCUT2D eigenvalue weighted by molar-refractivity contribution is 0.425. The van der Waals surface area contributed by atoms with Crippen molar-refractivity contribution < 1.29 is 8.91 Å². The second kappa shape index (κ2) is 6.72. The van der Waals surface area contributed by atoms with Crippen molar-refractivity contribution in [3.63, 3.8) is 0 Å². The van der Waals surface area contributed by atoms with E-state index in [-0.39, 0.29) is 11.4 Å². The lowest BCUT2D eigenvalue weighted by Gasteiger charge is -2.07. The van der Waals surface area contributed by atoms with Crippen LogP contribution in [0.25, 0.3) is 22.4 Å². The number of hydrogen-bond donors (Lipinski definition) is 0. The molecule has 0 N–H and O–H groups in total. The summed E-state index contributed by atoms with van der Waals surface area (Å²) in [6.45, 7) is 0. The van der Waals surface area contributed by atoms with Gasteiger partial charge < -0.3 is 4.52 Å². The van der Waals surface area contributed by atoms with Crippen molar-refractivity contribution in [2.75, 3.05) is 0 Å². The molecule has 0 saturated carbocycles. The number of benzene rings is 2. The van der Waals surface area contributed by atoms with Gasteiger partial charge >= 0.3 is 0 Å². The van der Waals surface area contributed by atoms with Crippen LogP contribution in [-0.2, 0) is 12.8 Å². The fraction of sp³-hybridized carbons (Fsp3) is 0.111. The highest BCUT2D eigenvalue weighted by molar-refractivity contribution is 7.98. The van der Waals surface area contributed by atoms with Gasteiger partial charge in [-0.05, 0) is 36.4 Å². The van der Waals surface area contributed by atoms with Crippen LogP contribution in [0.15, 0.2) is 63.0 Å². The maximum Gasteiger partial charge on any atom is 0.261 e. The maximum atomic E-state index is 13.0. The third-order valence-corrected chi connectivity index (χ3v) is 4.86. The molecule has 2 aromatic heterocycles. The topological polar surface area (TPSA) is 73.8 Å². The molecule has 0 aliphatic heterocycles. The average Bonchev–Trinajstić information content (AvgIpc) is 3.13. The Balaban J connectivity index is 1.56. The van der Waals surface area contributed by atoms with Crippen molar-refractivity contribution in [1.82, 2.24) is 19.7 Å². The van der Waals surface area contributed by atoms with E-state index in [0.29, 0.717) is 39.1 Å². The molecule has 0 spiro atoms. The van der Waals surface area contributed by atoms with E-state index < -0.39 is 0 Å². The van der Waals surface area contributed by atoms with Gasteiger partial charge in [0.25, 0.3) is 11.4 Å². The monoisotopic (exact) mass is 368 g/mol. The number of aromatic nitrogens is 4. The Morgan fingerprint density at radius 3 is 2.69 bits per heavy atom. The number of thioether (sulfide) groups is 1. The van der Waals surface area contributed by atoms with E-state index in [1.807, 2.05) is 18.2 Å². The fourth-order valence-electron chi connectivity index (χ4n) is 2.48. The van der Waals surface area contributed by atoms with Gasteiger partial charge in [0.15, 0.2) is 11.0 Å². The smallest absolute Gasteiger partial charge is 0.261 e. The molecular weight excluding hydrogens is 355 g/mol. The molecule has 0 amide bonds. The molecule has 0 aliphatic rings. The highest BCUT2D eigenvalue weighted by atomic mass is 32.2. The first-order valence-electron chi connectivity index (χ1n) is 7.79. The third kappa shape index (κ3) is 3.11. The molecule has 130 valence electrons. The number of hydrogen-bond acceptors (Lipinski definition) is 6. The van der Waals surface area contributed by atoms with Crippen molar-refractivity contribution >= 4 is 22.7 Å². The molecule has 26 heavy (non-hydrogen) atoms. The summed E-state index contributed by atoms with van der Waals surface area (Å²) in [5.74, 6) is 0.855. The number of rotatable bonds is 4. The van der Waals surface area contributed by atoms with Gasteiger partial charge in [-0.1, -0.05) is 29.1 Å². The minimum Gasteiger partial charge on any atom is -0.334 e. The van der Waals surface area contributed by atoms with Gasteiger partial charge in [-0.2, -0.15) is 4.98 Å². The lowest BCUT2D eigenvalue weighted by Crippen LogP contribution is -2.19. The van der Waals surface area contributed by atoms with Crippen LogP contribution in [0.4, 0.5) is 4.39 Å². The third-order valence-electron chi connectivity index (χ3n) is 3.83. The van der Waals surface area contributed by atoms with Crippen LogP contribution in [0.1, 0.15) is 5.82 Å². The molecule has 8 heteroatoms. The predicted octanol–water partition coefficient (Wildman–Crippen LogP) is 3.41. The maximum absolute atomic E-state index is 13.0. The lowest BCUT2D eigenvalue weighted by atomic mass is 10.2. The summed E-state index contributed by atoms with van der Waals surface area (Å²) in [4.78, 5) is 21.2. The Labute approximate surface area is 151 Å². The summed E-state index contributed by atoms with van der Waals surface area (Å²) in [7, 11) is 1.68. The molecule has 0 bridgehead atoms. The first kappa shape index (κ1) is 16.5. The molecule has 6 nitrogen and oxygen atoms in total. The summed E-state index contributed by atoms with van der Waals surface area (Å²) in [6, 6.07) is 13.1. The molecule has 4 aromatic rings. The van der Waals surface area contributed by atoms with Gasteiger partial charge in [0.1, 0.15) is 5.82 Å². The van der Waals surface area contributed by atoms with Crippen LogP contribution in [0.2, 0.25) is 0 Å². The molecule has 0 aliphatic carbocycles. The second-order valence-corrected chi connectivity index (χ2v) is 6.53. The van der Waals surface area contributed by atoms with Crippen LogP contribution in [0.5, 0.6) is 0 Å². The molecule has 0 atom stereocenters. The van der Waals surface area contributed by atoms with Crippen molar-refractivity contribution in [2.45, 2.75) is 10.9 Å². The highest BCUT2D eigenvalue weighted by Gasteiger charge is 2.12. The van der Waals surface area contributed by atoms with Gasteiger partial charge in [0.2, 0.25) is 0 Å². The van der Waals surface area contributed by atoms with Crippen LogP contribution in [0.3, 0.4) is 0 Å². The Kier molecular flexibility index (Phi) is 4.26. The summed E-state index contributed by atoms with van der Waals surface area (Å²) in [5, 5.41) is 5.08. The minimum atomic E-state index is -0.327. The second-order valence-electron chi connectivity index (χ2n) is 5.59. The Morgan fingerprint density at radius 1 is 1.12 bits per heavy atom. The summed E-state index contributed by atoms with van der Waals surface area (Å²) >= 11 is 1.35. The molecule has 0 saturated heterocycles. The summed E-state index contributed by atoms with van der Waals surface area (Å²) in [5.41, 5.74) is 1.20. The van der Waals surface area contributed by atoms with E-state index in [4.69, 9.17) is 4.52 Å². The fourth-order valence-corrected chi connectivity index (χ4v) is 3.29. The SMILES string of the molecule is Cn1c(SCc2noc(-c3ccc(F)cc3)n2)nc2ccccc2c1=O. The van der Waals surface area contributed by atoms with Crippen molar-refractivity contribution in [1.29, 1.82) is 0 Å². The average molecular weight is 368 g/mol. The first-order chi connectivity index (χ1) is 12.6. The van der Waals surface area contributed by atoms with E-state index in [2.05, 4.69) is 15.1 Å². The zero-order valence-electron chi connectivity index (χ0n) is 13.7. The summed E-state index contributed by atoms with van der Waals surface area (Å²) in [6.07, 6.45) is 0. The van der Waals surface area contributed by atoms with Gasteiger partial charge in [0, 0.05) is 12.6 Å². The largest absolute Gasteiger partial charge is 0.334 e. The molecular formula is C18H13FN4O2S. The van der Waals surface area contributed by atoms with E-state index in [9.17, 15) is 9.18 Å². The van der Waals surface area contributed by atoms with Crippen molar-refractivity contribution in [3.05, 3.63) is 70.5 Å². The number of para-hydroxylation sites is 1. The van der Waals surface area contributed by atoms with Crippen LogP contribution in [-0.4, -0.2) is 19.7 Å². The zero-order chi connectivity index (χ0) is 18.1. The molecule has 0 radical (unpaired) electrons. The predicted molar refractivity (Wildman–Crippen MR) is 96.2 cm³/mol. The van der Waals surface area contributed by atoms with E-state index in [1.165, 1.54) is 28.5 Å².